The molecule has 11 N–H and O–H groups in total. The topological polar surface area (TPSA) is 229 Å². The molecule has 30 aliphatic heterocycles. The summed E-state index contributed by atoms with van der Waals surface area (Å²) < 4.78 is 4.99. The Morgan fingerprint density at radius 2 is 0.797 bits per heavy atom. The van der Waals surface area contributed by atoms with E-state index in [2.05, 4.69) is 117 Å². The summed E-state index contributed by atoms with van der Waals surface area (Å²) in [7, 11) is 2.19. The zero-order valence-electron chi connectivity index (χ0n) is 74.9. The number of fused-ring (bicyclic) bond motifs is 25. The first kappa shape index (κ1) is 93.7. The van der Waals surface area contributed by atoms with Crippen molar-refractivity contribution < 1.29 is 24.9 Å². The molecule has 30 heterocycles. The van der Waals surface area contributed by atoms with Crippen LogP contribution >= 0.6 is 0 Å². The minimum Gasteiger partial charge on any atom is -0.463 e. The maximum absolute atomic E-state index is 10.1. The number of aliphatic hydroxyl groups excluding tert-OH is 3. The fourth-order valence-electron chi connectivity index (χ4n) is 25.5. The van der Waals surface area contributed by atoms with E-state index < -0.39 is 0 Å². The van der Waals surface area contributed by atoms with Gasteiger partial charge in [-0.1, -0.05) is 31.4 Å². The van der Waals surface area contributed by atoms with Gasteiger partial charge in [-0.25, -0.2) is 0 Å². The van der Waals surface area contributed by atoms with Crippen LogP contribution in [0, 0.1) is 41.4 Å². The van der Waals surface area contributed by atoms with Gasteiger partial charge in [0.05, 0.1) is 18.8 Å². The fourth-order valence-corrected chi connectivity index (χ4v) is 25.5. The number of nitrogens with one attached hydrogen (secondary N) is 4. The van der Waals surface area contributed by atoms with Crippen LogP contribution in [0.2, 0.25) is 0 Å². The number of ether oxygens (including phenoxy) is 1. The van der Waals surface area contributed by atoms with Crippen LogP contribution in [-0.4, -0.2) is 414 Å². The molecule has 0 aromatic carbocycles. The summed E-state index contributed by atoms with van der Waals surface area (Å²) in [4.78, 5) is 42.8. The first-order chi connectivity index (χ1) is 57.9. The Bertz CT molecular complexity index is 2500. The van der Waals surface area contributed by atoms with Crippen LogP contribution in [0.15, 0.2) is 25.3 Å². The van der Waals surface area contributed by atoms with E-state index in [1.807, 2.05) is 0 Å². The number of hydrogen-bond acceptors (Lipinski definition) is 24. The van der Waals surface area contributed by atoms with Crippen molar-refractivity contribution in [1.29, 1.82) is 0 Å². The van der Waals surface area contributed by atoms with Crippen molar-refractivity contribution in [3.05, 3.63) is 25.3 Å². The summed E-state index contributed by atoms with van der Waals surface area (Å²) in [6, 6.07) is 6.74. The zero-order valence-corrected chi connectivity index (χ0v) is 74.9. The van der Waals surface area contributed by atoms with Gasteiger partial charge in [0, 0.05) is 185 Å². The van der Waals surface area contributed by atoms with Crippen molar-refractivity contribution >= 4 is 6.47 Å². The summed E-state index contributed by atoms with van der Waals surface area (Å²) >= 11 is 0. The standard InChI is InChI=1S/C10H18N2.C10H17NO.C9H17N.C8H16N2.C8H13NO2.C8H15NO.C7H15N3.2C7H14N2.C7H13NO.C7H13N.C6H12N2/c1-2-8-7-12-4-3-9(8)5-10(12)6-11;1-2-8-6-11-4-3-9(8)5-10(11)7-12;1-3-7-10-8-4-2-6-9(10)5-1;1-2-5-10-6-4-9-7-8(10)3-1;10-6-11-8-5-9-3-1-7(8)2-4-9;1-9-6-2-3-7(9)5-8(10)4-6;1-3-8-7-9-4-2-6-10(7)5-1;8-7-5-9-3-1-6(7)2-4-9;1-2-7-6-8-3-5-9(7)4-1;9-7-5-8-3-1-6(7)2-4-8;1-3-7-4-2-6-8(7)5-1;1-2-8-5-3-7(1)4-6-8/h2,8-10H,1,3-7,11H2;2,8-10,12H,1,3-7H2;9H,1-8H2;8-9H,1-7H2;6-8H,1-5H2;6-8,10H,2-5H2,1H3;7-9H,1-6H2;6-7H,1-5,8H2;7-8H,1-6H2;6-7,9H,1-5H2;7H,1-6H2;1-6H2/t2*8?,9?,10-;;;;;;;;;;/m11........../s1. The van der Waals surface area contributed by atoms with E-state index >= 15 is 0 Å². The third-order valence-corrected chi connectivity index (χ3v) is 33.3. The molecule has 30 saturated heterocycles. The lowest BCUT2D eigenvalue weighted by Gasteiger charge is -2.48. The Balaban J connectivity index is 0.000000112. The van der Waals surface area contributed by atoms with E-state index in [0.717, 1.165) is 93.4 Å². The Labute approximate surface area is 718 Å². The van der Waals surface area contributed by atoms with Crippen LogP contribution in [-0.2, 0) is 9.53 Å². The molecular weight excluding hydrogens is 1480 g/mol. The van der Waals surface area contributed by atoms with Crippen molar-refractivity contribution in [3.8, 4) is 0 Å². The highest BCUT2D eigenvalue weighted by Crippen LogP contribution is 2.39. The van der Waals surface area contributed by atoms with E-state index in [4.69, 9.17) is 21.3 Å². The fraction of sp³-hybridized carbons (Fsp3) is 0.947. The number of carbonyl (C=O) groups is 1. The number of aliphatic hydroxyl groups is 3. The number of hydrogen-bond donors (Lipinski definition) is 9. The molecule has 24 nitrogen and oxygen atoms in total. The van der Waals surface area contributed by atoms with Crippen LogP contribution in [0.5, 0.6) is 0 Å². The second-order valence-corrected chi connectivity index (χ2v) is 40.5. The van der Waals surface area contributed by atoms with E-state index in [1.54, 1.807) is 0 Å². The van der Waals surface area contributed by atoms with Gasteiger partial charge in [0.2, 0.25) is 0 Å². The van der Waals surface area contributed by atoms with Gasteiger partial charge in [-0.05, 0) is 333 Å². The SMILES string of the molecule is C1CC2CCCN2C1.C1CC2CNCCN2C1.C1CCN2CCCCC2C1.C1CCN2CCNCC2C1.C1CN2CCN1CC2.C1CNC2NCCCN2C1.C=CC1CN2CCC1C[C@@H]2CN.C=CC1CN2CCC1C[C@@H]2CO.CN1C2CCC1CC(O)C2.NC1CN2CCC1CC2.O=COC1CN2CCC1CC2.OC1CN2CCC1CC2. The average Bonchev–Trinajstić information content (AvgIpc) is 1.58. The first-order valence-corrected chi connectivity index (χ1v) is 50.0. The van der Waals surface area contributed by atoms with Crippen LogP contribution < -0.4 is 32.7 Å². The maximum Gasteiger partial charge on any atom is 0.293 e. The van der Waals surface area contributed by atoms with Gasteiger partial charge in [-0.15, -0.1) is 13.2 Å². The highest BCUT2D eigenvalue weighted by molar-refractivity contribution is 5.37. The molecule has 14 bridgehead atoms. The molecule has 30 rings (SSSR count). The van der Waals surface area contributed by atoms with Gasteiger partial charge in [0.1, 0.15) is 12.4 Å². The van der Waals surface area contributed by atoms with Crippen molar-refractivity contribution in [2.75, 3.05) is 249 Å². The van der Waals surface area contributed by atoms with Crippen molar-refractivity contribution in [2.24, 2.45) is 52.9 Å². The lowest BCUT2D eigenvalue weighted by Crippen LogP contribution is -2.62. The van der Waals surface area contributed by atoms with E-state index in [1.165, 1.54) is 389 Å². The van der Waals surface area contributed by atoms with Gasteiger partial charge < -0.3 is 66.7 Å². The molecule has 118 heavy (non-hydrogen) atoms. The van der Waals surface area contributed by atoms with Crippen molar-refractivity contribution in [3.63, 3.8) is 0 Å². The molecular formula is C94H177N19O5. The van der Waals surface area contributed by atoms with E-state index in [-0.39, 0.29) is 18.3 Å². The minimum absolute atomic E-state index is 0.00583. The smallest absolute Gasteiger partial charge is 0.293 e. The van der Waals surface area contributed by atoms with Gasteiger partial charge in [0.15, 0.2) is 0 Å². The summed E-state index contributed by atoms with van der Waals surface area (Å²) in [6.45, 7) is 53.3. The maximum atomic E-state index is 10.1. The van der Waals surface area contributed by atoms with Gasteiger partial charge in [-0.2, -0.15) is 0 Å². The van der Waals surface area contributed by atoms with E-state index in [0.29, 0.717) is 67.3 Å². The summed E-state index contributed by atoms with van der Waals surface area (Å²) in [5, 5.41) is 41.6. The lowest BCUT2D eigenvalue weighted by atomic mass is 9.76. The summed E-state index contributed by atoms with van der Waals surface area (Å²) in [5.41, 5.74) is 11.6. The Morgan fingerprint density at radius 3 is 1.14 bits per heavy atom. The molecule has 13 unspecified atom stereocenters. The number of carbonyl (C=O) groups excluding carboxylic acids is 1. The van der Waals surface area contributed by atoms with Gasteiger partial charge in [0.25, 0.3) is 6.47 Å². The highest BCUT2D eigenvalue weighted by Gasteiger charge is 2.42. The molecule has 0 radical (unpaired) electrons. The molecule has 0 spiro atoms. The van der Waals surface area contributed by atoms with Crippen LogP contribution in [0.4, 0.5) is 0 Å². The molecule has 30 aliphatic rings. The summed E-state index contributed by atoms with van der Waals surface area (Å²) in [5.74, 6) is 5.23. The van der Waals surface area contributed by atoms with Crippen LogP contribution in [0.1, 0.15) is 199 Å². The number of piperidine rings is 19. The van der Waals surface area contributed by atoms with Gasteiger partial charge >= 0.3 is 0 Å². The zero-order chi connectivity index (χ0) is 81.8. The monoisotopic (exact) mass is 1650 g/mol. The second kappa shape index (κ2) is 50.0. The molecule has 30 fully saturated rings. The number of nitrogens with two attached hydrogens (primary N) is 2. The molecule has 0 saturated carbocycles. The third kappa shape index (κ3) is 28.0. The third-order valence-electron chi connectivity index (χ3n) is 33.3. The lowest BCUT2D eigenvalue weighted by molar-refractivity contribution is -0.143. The molecule has 0 aromatic heterocycles. The normalized spacial score (nSPS) is 41.0. The van der Waals surface area contributed by atoms with Crippen molar-refractivity contribution in [1.82, 2.24) is 85.0 Å². The van der Waals surface area contributed by atoms with Crippen LogP contribution in [0.25, 0.3) is 0 Å². The van der Waals surface area contributed by atoms with Gasteiger partial charge in [-0.3, -0.25) is 54.6 Å². The molecule has 678 valence electrons. The molecule has 0 aromatic rings. The number of piperazine rings is 5. The number of rotatable bonds is 6. The number of nitrogens with zero attached hydrogens (tertiary/aromatic N) is 13. The predicted molar refractivity (Wildman–Crippen MR) is 482 cm³/mol. The Morgan fingerprint density at radius 1 is 0.381 bits per heavy atom. The van der Waals surface area contributed by atoms with Crippen LogP contribution in [0.3, 0.4) is 0 Å². The van der Waals surface area contributed by atoms with E-state index in [9.17, 15) is 15.0 Å². The largest absolute Gasteiger partial charge is 0.463 e. The molecule has 0 aliphatic carbocycles. The molecule has 24 heteroatoms. The Hall–Kier alpha value is -1.93. The minimum atomic E-state index is -0.00694. The summed E-state index contributed by atoms with van der Waals surface area (Å²) in [6.07, 6.45) is 46.7. The highest BCUT2D eigenvalue weighted by atomic mass is 16.5. The molecule has 15 atom stereocenters. The molecule has 0 amide bonds. The second-order valence-electron chi connectivity index (χ2n) is 40.5. The first-order valence-electron chi connectivity index (χ1n) is 50.0. The van der Waals surface area contributed by atoms with Crippen molar-refractivity contribution in [2.45, 2.75) is 278 Å². The average molecular weight is 1650 g/mol. The Kier molecular flexibility index (Phi) is 39.7. The predicted octanol–water partition coefficient (Wildman–Crippen LogP) is 5.63. The quantitative estimate of drug-likeness (QED) is 0.116.